The van der Waals surface area contributed by atoms with Gasteiger partial charge in [-0.3, -0.25) is 0 Å². The average Bonchev–Trinajstić information content (AvgIpc) is 3.44. The van der Waals surface area contributed by atoms with Crippen molar-refractivity contribution in [3.63, 3.8) is 0 Å². The Morgan fingerprint density at radius 2 is 1.49 bits per heavy atom. The Labute approximate surface area is 315 Å². The van der Waals surface area contributed by atoms with E-state index in [9.17, 15) is 0 Å². The molecule has 0 fully saturated rings. The first kappa shape index (κ1) is 45.4. The molecule has 3 atom stereocenters. The predicted octanol–water partition coefficient (Wildman–Crippen LogP) is 13.8. The number of hydrogen-bond donors (Lipinski definition) is 1. The van der Waals surface area contributed by atoms with E-state index in [0.717, 1.165) is 18.4 Å². The van der Waals surface area contributed by atoms with Crippen LogP contribution in [0.25, 0.3) is 5.57 Å². The van der Waals surface area contributed by atoms with Gasteiger partial charge in [0.1, 0.15) is 0 Å². The van der Waals surface area contributed by atoms with Gasteiger partial charge in [0, 0.05) is 53.2 Å². The quantitative estimate of drug-likeness (QED) is 0.210. The number of rotatable bonds is 9. The number of benzene rings is 2. The van der Waals surface area contributed by atoms with Crippen molar-refractivity contribution in [2.45, 2.75) is 134 Å². The number of nitrogens with two attached hydrogens (primary N) is 1. The van der Waals surface area contributed by atoms with Gasteiger partial charge in [0.25, 0.3) is 0 Å². The third-order valence-electron chi connectivity index (χ3n) is 10.7. The van der Waals surface area contributed by atoms with E-state index in [4.69, 9.17) is 5.73 Å². The third kappa shape index (κ3) is 9.44. The average molecular weight is 691 g/mol. The highest BCUT2D eigenvalue weighted by atomic mass is 15.1. The summed E-state index contributed by atoms with van der Waals surface area (Å²) in [6, 6.07) is 17.6. The molecule has 0 radical (unpaired) electrons. The number of allylic oxidation sites excluding steroid dienone is 9. The molecule has 3 unspecified atom stereocenters. The zero-order chi connectivity index (χ0) is 39.3. The summed E-state index contributed by atoms with van der Waals surface area (Å²) in [5.74, 6) is 0.189. The van der Waals surface area contributed by atoms with Gasteiger partial charge >= 0.3 is 0 Å². The molecular formula is C49H74N2. The summed E-state index contributed by atoms with van der Waals surface area (Å²) in [4.78, 5) is 2.43. The summed E-state index contributed by atoms with van der Waals surface area (Å²) in [5, 5.41) is 0. The van der Waals surface area contributed by atoms with Crippen molar-refractivity contribution >= 4 is 5.57 Å². The standard InChI is InChI=1S/C43H56N2.3C2H6/c1-13-19-29(3)42(10,11)37-22-18-23-38(31(37)5)43(26-14-2,32(6)44)39-25-24-35(33-20-16-15-17-21-33)40-36(39)28-34(45(40)12)27-30(4)41(7,8)9;3*1-2/h13-24,26-27,32,39H,1,4,25,28,44H2,2-3,5-12H3;3*1-2H3/b26-14?,29-19+,34-27+;;;. The van der Waals surface area contributed by atoms with E-state index in [-0.39, 0.29) is 22.8 Å². The lowest BCUT2D eigenvalue weighted by Crippen LogP contribution is -2.49. The smallest absolute Gasteiger partial charge is 0.0481 e. The fourth-order valence-electron chi connectivity index (χ4n) is 7.56. The summed E-state index contributed by atoms with van der Waals surface area (Å²) in [5.41, 5.74) is 19.7. The summed E-state index contributed by atoms with van der Waals surface area (Å²) >= 11 is 0. The van der Waals surface area contributed by atoms with Crippen LogP contribution in [0.4, 0.5) is 0 Å². The van der Waals surface area contributed by atoms with Crippen molar-refractivity contribution in [1.29, 1.82) is 0 Å². The normalized spacial score (nSPS) is 18.6. The second-order valence-corrected chi connectivity index (χ2v) is 14.7. The van der Waals surface area contributed by atoms with Crippen LogP contribution in [0.5, 0.6) is 0 Å². The lowest BCUT2D eigenvalue weighted by Gasteiger charge is -2.46. The van der Waals surface area contributed by atoms with Crippen LogP contribution in [0, 0.1) is 18.3 Å². The third-order valence-corrected chi connectivity index (χ3v) is 10.7. The van der Waals surface area contributed by atoms with Gasteiger partial charge in [0.2, 0.25) is 0 Å². The molecule has 0 bridgehead atoms. The van der Waals surface area contributed by atoms with E-state index >= 15 is 0 Å². The lowest BCUT2D eigenvalue weighted by atomic mass is 9.58. The maximum absolute atomic E-state index is 7.23. The molecule has 1 heterocycles. The van der Waals surface area contributed by atoms with Gasteiger partial charge in [0.15, 0.2) is 0 Å². The molecule has 2 heteroatoms. The van der Waals surface area contributed by atoms with E-state index in [2.05, 4.69) is 166 Å². The van der Waals surface area contributed by atoms with Crippen molar-refractivity contribution in [2.75, 3.05) is 7.05 Å². The molecule has 1 aliphatic heterocycles. The van der Waals surface area contributed by atoms with Gasteiger partial charge in [0.05, 0.1) is 0 Å². The summed E-state index contributed by atoms with van der Waals surface area (Å²) in [7, 11) is 2.23. The summed E-state index contributed by atoms with van der Waals surface area (Å²) < 4.78 is 0. The second kappa shape index (κ2) is 19.8. The van der Waals surface area contributed by atoms with Crippen LogP contribution in [-0.4, -0.2) is 18.0 Å². The van der Waals surface area contributed by atoms with E-state index < -0.39 is 5.41 Å². The summed E-state index contributed by atoms with van der Waals surface area (Å²) in [6.45, 7) is 40.7. The van der Waals surface area contributed by atoms with Crippen molar-refractivity contribution in [3.05, 3.63) is 149 Å². The number of hydrogen-bond acceptors (Lipinski definition) is 2. The van der Waals surface area contributed by atoms with Crippen molar-refractivity contribution in [3.8, 4) is 0 Å². The molecule has 4 rings (SSSR count). The molecule has 51 heavy (non-hydrogen) atoms. The van der Waals surface area contributed by atoms with Gasteiger partial charge in [-0.2, -0.15) is 0 Å². The Morgan fingerprint density at radius 1 is 0.922 bits per heavy atom. The van der Waals surface area contributed by atoms with Gasteiger partial charge in [-0.25, -0.2) is 0 Å². The fraction of sp³-hybridized carbons (Fsp3) is 0.469. The second-order valence-electron chi connectivity index (χ2n) is 14.7. The first-order valence-electron chi connectivity index (χ1n) is 19.5. The van der Waals surface area contributed by atoms with Crippen LogP contribution < -0.4 is 5.73 Å². The molecule has 2 N–H and O–H groups in total. The van der Waals surface area contributed by atoms with E-state index in [1.807, 2.05) is 47.6 Å². The Kier molecular flexibility index (Phi) is 17.7. The molecule has 2 aliphatic rings. The Morgan fingerprint density at radius 3 is 2.00 bits per heavy atom. The predicted molar refractivity (Wildman–Crippen MR) is 231 cm³/mol. The fourth-order valence-corrected chi connectivity index (χ4v) is 7.56. The zero-order valence-corrected chi connectivity index (χ0v) is 35.6. The number of likely N-dealkylation sites (N-methyl/N-ethyl adjacent to an activating group) is 1. The summed E-state index contributed by atoms with van der Waals surface area (Å²) in [6.07, 6.45) is 15.3. The minimum Gasteiger partial charge on any atom is -0.347 e. The SMILES string of the molecule is C=C/C=C(\C)C(C)(C)c1cccc(C(C=CC)(C(C)N)C2CC=C(c3ccccc3)C3=C2C/C(=C\C(=C)C(C)(C)C)N3C)c1C.CC.CC.CC. The Bertz CT molecular complexity index is 1600. The Balaban J connectivity index is 0.00000206. The molecular weight excluding hydrogens is 617 g/mol. The molecule has 1 aliphatic carbocycles. The van der Waals surface area contributed by atoms with Crippen LogP contribution in [0.2, 0.25) is 0 Å². The molecule has 2 nitrogen and oxygen atoms in total. The zero-order valence-electron chi connectivity index (χ0n) is 35.6. The highest BCUT2D eigenvalue weighted by Gasteiger charge is 2.48. The minimum atomic E-state index is -0.405. The van der Waals surface area contributed by atoms with Crippen molar-refractivity contribution < 1.29 is 0 Å². The van der Waals surface area contributed by atoms with Gasteiger partial charge in [-0.15, -0.1) is 0 Å². The van der Waals surface area contributed by atoms with Gasteiger partial charge in [-0.1, -0.05) is 174 Å². The Hall–Kier alpha value is -3.62. The lowest BCUT2D eigenvalue weighted by molar-refractivity contribution is 0.318. The highest BCUT2D eigenvalue weighted by Crippen LogP contribution is 2.54. The molecule has 0 spiro atoms. The van der Waals surface area contributed by atoms with Gasteiger partial charge < -0.3 is 10.6 Å². The van der Waals surface area contributed by atoms with Crippen LogP contribution in [0.15, 0.2) is 126 Å². The van der Waals surface area contributed by atoms with Crippen LogP contribution in [0.3, 0.4) is 0 Å². The van der Waals surface area contributed by atoms with Crippen molar-refractivity contribution in [2.24, 2.45) is 17.1 Å². The molecule has 2 aromatic rings. The maximum atomic E-state index is 7.23. The first-order valence-corrected chi connectivity index (χ1v) is 19.5. The molecule has 280 valence electrons. The first-order chi connectivity index (χ1) is 24.1. The highest BCUT2D eigenvalue weighted by molar-refractivity contribution is 5.82. The molecule has 2 aromatic carbocycles. The van der Waals surface area contributed by atoms with E-state index in [1.54, 1.807) is 0 Å². The van der Waals surface area contributed by atoms with Crippen molar-refractivity contribution in [1.82, 2.24) is 4.90 Å². The van der Waals surface area contributed by atoms with Gasteiger partial charge in [-0.05, 0) is 79.0 Å². The minimum absolute atomic E-state index is 0.00253. The number of nitrogens with zero attached hydrogens (tertiary/aromatic N) is 1. The maximum Gasteiger partial charge on any atom is 0.0481 e. The monoisotopic (exact) mass is 691 g/mol. The topological polar surface area (TPSA) is 29.3 Å². The molecule has 0 amide bonds. The van der Waals surface area contributed by atoms with Crippen LogP contribution >= 0.6 is 0 Å². The van der Waals surface area contributed by atoms with E-state index in [1.165, 1.54) is 50.4 Å². The van der Waals surface area contributed by atoms with E-state index in [0.29, 0.717) is 0 Å². The van der Waals surface area contributed by atoms with Crippen LogP contribution in [-0.2, 0) is 10.8 Å². The molecule has 0 saturated carbocycles. The largest absolute Gasteiger partial charge is 0.347 e. The van der Waals surface area contributed by atoms with Crippen LogP contribution in [0.1, 0.15) is 132 Å². The molecule has 0 saturated heterocycles. The molecule has 0 aromatic heterocycles.